The van der Waals surface area contributed by atoms with Crippen LogP contribution in [0.15, 0.2) is 36.9 Å². The second-order valence-corrected chi connectivity index (χ2v) is 6.16. The molecule has 1 saturated carbocycles. The SMILES string of the molecule is c1ccc2c(c1)OCC(CNc1ncnc3c1ncn3C1CC1)O2. The van der Waals surface area contributed by atoms with Gasteiger partial charge in [0.25, 0.3) is 0 Å². The highest BCUT2D eigenvalue weighted by Crippen LogP contribution is 2.37. The minimum atomic E-state index is -0.0737. The van der Waals surface area contributed by atoms with Crippen LogP contribution in [0.4, 0.5) is 5.82 Å². The van der Waals surface area contributed by atoms with Gasteiger partial charge in [-0.1, -0.05) is 12.1 Å². The van der Waals surface area contributed by atoms with Crippen LogP contribution in [0.2, 0.25) is 0 Å². The molecule has 2 aromatic heterocycles. The smallest absolute Gasteiger partial charge is 0.165 e. The summed E-state index contributed by atoms with van der Waals surface area (Å²) in [5, 5.41) is 3.33. The summed E-state index contributed by atoms with van der Waals surface area (Å²) in [5.74, 6) is 2.31. The van der Waals surface area contributed by atoms with Gasteiger partial charge in [-0.05, 0) is 25.0 Å². The first-order valence-electron chi connectivity index (χ1n) is 8.18. The number of aromatic nitrogens is 4. The van der Waals surface area contributed by atoms with Gasteiger partial charge < -0.3 is 19.4 Å². The van der Waals surface area contributed by atoms with Crippen LogP contribution < -0.4 is 14.8 Å². The van der Waals surface area contributed by atoms with Gasteiger partial charge in [-0.15, -0.1) is 0 Å². The number of para-hydroxylation sites is 2. The van der Waals surface area contributed by atoms with E-state index in [1.54, 1.807) is 6.33 Å². The Kier molecular flexibility index (Phi) is 3.04. The molecule has 5 rings (SSSR count). The Bertz CT molecular complexity index is 890. The maximum atomic E-state index is 5.96. The molecule has 2 aliphatic rings. The largest absolute Gasteiger partial charge is 0.486 e. The molecular formula is C17H17N5O2. The van der Waals surface area contributed by atoms with E-state index in [2.05, 4.69) is 24.8 Å². The Morgan fingerprint density at radius 1 is 1.12 bits per heavy atom. The van der Waals surface area contributed by atoms with Crippen LogP contribution >= 0.6 is 0 Å². The van der Waals surface area contributed by atoms with E-state index in [0.29, 0.717) is 19.2 Å². The molecule has 0 saturated heterocycles. The molecule has 7 nitrogen and oxygen atoms in total. The van der Waals surface area contributed by atoms with E-state index in [-0.39, 0.29) is 6.10 Å². The number of anilines is 1. The Morgan fingerprint density at radius 3 is 2.88 bits per heavy atom. The summed E-state index contributed by atoms with van der Waals surface area (Å²) < 4.78 is 13.8. The van der Waals surface area contributed by atoms with Crippen LogP contribution in [-0.4, -0.2) is 38.8 Å². The molecule has 0 bridgehead atoms. The third-order valence-electron chi connectivity index (χ3n) is 4.36. The van der Waals surface area contributed by atoms with Crippen molar-refractivity contribution in [1.82, 2.24) is 19.5 Å². The lowest BCUT2D eigenvalue weighted by molar-refractivity contribution is 0.0997. The van der Waals surface area contributed by atoms with Crippen molar-refractivity contribution in [2.45, 2.75) is 25.0 Å². The van der Waals surface area contributed by atoms with E-state index in [9.17, 15) is 0 Å². The number of nitrogens with one attached hydrogen (secondary N) is 1. The van der Waals surface area contributed by atoms with Crippen molar-refractivity contribution in [2.24, 2.45) is 0 Å². The second kappa shape index (κ2) is 5.36. The molecule has 3 aromatic rings. The Balaban J connectivity index is 1.33. The second-order valence-electron chi connectivity index (χ2n) is 6.16. The summed E-state index contributed by atoms with van der Waals surface area (Å²) in [5.41, 5.74) is 1.70. The molecule has 0 amide bonds. The lowest BCUT2D eigenvalue weighted by Gasteiger charge is -2.26. The van der Waals surface area contributed by atoms with Gasteiger partial charge in [0, 0.05) is 6.04 Å². The average molecular weight is 323 g/mol. The lowest BCUT2D eigenvalue weighted by Crippen LogP contribution is -2.35. The molecule has 1 N–H and O–H groups in total. The first kappa shape index (κ1) is 13.6. The van der Waals surface area contributed by atoms with E-state index in [0.717, 1.165) is 28.5 Å². The first-order chi connectivity index (χ1) is 11.9. The summed E-state index contributed by atoms with van der Waals surface area (Å²) >= 11 is 0. The predicted octanol–water partition coefficient (Wildman–Crippen LogP) is 2.41. The van der Waals surface area contributed by atoms with Crippen LogP contribution in [0.1, 0.15) is 18.9 Å². The van der Waals surface area contributed by atoms with Crippen molar-refractivity contribution in [3.63, 3.8) is 0 Å². The van der Waals surface area contributed by atoms with Crippen molar-refractivity contribution >= 4 is 17.0 Å². The molecule has 7 heteroatoms. The zero-order chi connectivity index (χ0) is 15.9. The molecule has 1 aliphatic heterocycles. The predicted molar refractivity (Wildman–Crippen MR) is 88.4 cm³/mol. The lowest BCUT2D eigenvalue weighted by atomic mass is 10.2. The highest BCUT2D eigenvalue weighted by Gasteiger charge is 2.26. The third-order valence-corrected chi connectivity index (χ3v) is 4.36. The van der Waals surface area contributed by atoms with E-state index >= 15 is 0 Å². The Hall–Kier alpha value is -2.83. The minimum Gasteiger partial charge on any atom is -0.486 e. The molecule has 0 spiro atoms. The molecule has 0 radical (unpaired) electrons. The van der Waals surface area contributed by atoms with Crippen LogP contribution in [-0.2, 0) is 0 Å². The zero-order valence-electron chi connectivity index (χ0n) is 13.1. The van der Waals surface area contributed by atoms with Gasteiger partial charge >= 0.3 is 0 Å². The molecular weight excluding hydrogens is 306 g/mol. The van der Waals surface area contributed by atoms with Crippen molar-refractivity contribution in [3.05, 3.63) is 36.9 Å². The van der Waals surface area contributed by atoms with Crippen LogP contribution in [0, 0.1) is 0 Å². The van der Waals surface area contributed by atoms with Gasteiger partial charge in [-0.25, -0.2) is 15.0 Å². The summed E-state index contributed by atoms with van der Waals surface area (Å²) in [4.78, 5) is 13.2. The number of hydrogen-bond acceptors (Lipinski definition) is 6. The molecule has 1 aliphatic carbocycles. The fourth-order valence-electron chi connectivity index (χ4n) is 2.98. The van der Waals surface area contributed by atoms with Crippen molar-refractivity contribution in [1.29, 1.82) is 0 Å². The highest BCUT2D eigenvalue weighted by molar-refractivity contribution is 5.82. The summed E-state index contributed by atoms with van der Waals surface area (Å²) in [7, 11) is 0. The third kappa shape index (κ3) is 2.33. The van der Waals surface area contributed by atoms with Crippen LogP contribution in [0.25, 0.3) is 11.2 Å². The number of imidazole rings is 1. The molecule has 24 heavy (non-hydrogen) atoms. The molecule has 3 heterocycles. The Labute approximate surface area is 138 Å². The van der Waals surface area contributed by atoms with E-state index < -0.39 is 0 Å². The molecule has 1 fully saturated rings. The monoisotopic (exact) mass is 323 g/mol. The molecule has 1 unspecified atom stereocenters. The molecule has 1 aromatic carbocycles. The average Bonchev–Trinajstić information content (AvgIpc) is 3.38. The number of ether oxygens (including phenoxy) is 2. The van der Waals surface area contributed by atoms with Gasteiger partial charge in [0.15, 0.2) is 23.0 Å². The first-order valence-corrected chi connectivity index (χ1v) is 8.18. The number of nitrogens with zero attached hydrogens (tertiary/aromatic N) is 4. The van der Waals surface area contributed by atoms with E-state index in [1.807, 2.05) is 30.6 Å². The summed E-state index contributed by atoms with van der Waals surface area (Å²) in [6.07, 6.45) is 5.77. The highest BCUT2D eigenvalue weighted by atomic mass is 16.6. The number of benzene rings is 1. The van der Waals surface area contributed by atoms with E-state index in [1.165, 1.54) is 12.8 Å². The standard InChI is InChI=1S/C17H17N5O2/c1-2-4-14-13(3-1)23-8-12(24-14)7-18-16-15-17(20-9-19-16)22(10-21-15)11-5-6-11/h1-4,9-12H,5-8H2,(H,18,19,20). The fraction of sp³-hybridized carbons (Fsp3) is 0.353. The van der Waals surface area contributed by atoms with Gasteiger partial charge in [0.05, 0.1) is 12.9 Å². The van der Waals surface area contributed by atoms with Gasteiger partial charge in [0.2, 0.25) is 0 Å². The number of hydrogen-bond donors (Lipinski definition) is 1. The molecule has 1 atom stereocenters. The fourth-order valence-corrected chi connectivity index (χ4v) is 2.98. The number of fused-ring (bicyclic) bond motifs is 2. The quantitative estimate of drug-likeness (QED) is 0.795. The normalized spacial score (nSPS) is 19.4. The minimum absolute atomic E-state index is 0.0737. The van der Waals surface area contributed by atoms with Crippen molar-refractivity contribution in [2.75, 3.05) is 18.5 Å². The van der Waals surface area contributed by atoms with E-state index in [4.69, 9.17) is 9.47 Å². The summed E-state index contributed by atoms with van der Waals surface area (Å²) in [6, 6.07) is 8.26. The van der Waals surface area contributed by atoms with Gasteiger partial charge in [-0.2, -0.15) is 0 Å². The number of rotatable bonds is 4. The molecule has 122 valence electrons. The van der Waals surface area contributed by atoms with Crippen LogP contribution in [0.5, 0.6) is 11.5 Å². The zero-order valence-corrected chi connectivity index (χ0v) is 13.1. The Morgan fingerprint density at radius 2 is 2.00 bits per heavy atom. The van der Waals surface area contributed by atoms with Crippen molar-refractivity contribution in [3.8, 4) is 11.5 Å². The maximum Gasteiger partial charge on any atom is 0.165 e. The van der Waals surface area contributed by atoms with Gasteiger partial charge in [0.1, 0.15) is 24.6 Å². The van der Waals surface area contributed by atoms with Gasteiger partial charge in [-0.3, -0.25) is 0 Å². The maximum absolute atomic E-state index is 5.96. The topological polar surface area (TPSA) is 74.1 Å². The van der Waals surface area contributed by atoms with Crippen molar-refractivity contribution < 1.29 is 9.47 Å². The summed E-state index contributed by atoms with van der Waals surface area (Å²) in [6.45, 7) is 1.10. The van der Waals surface area contributed by atoms with Crippen LogP contribution in [0.3, 0.4) is 0 Å².